The van der Waals surface area contributed by atoms with Crippen LogP contribution in [0.15, 0.2) is 12.8 Å². The summed E-state index contributed by atoms with van der Waals surface area (Å²) in [4.78, 5) is 1.70. The first kappa shape index (κ1) is 9.56. The Bertz CT molecular complexity index is 147. The van der Waals surface area contributed by atoms with Crippen molar-refractivity contribution in [1.29, 1.82) is 0 Å². The average molecular weight is 171 g/mol. The van der Waals surface area contributed by atoms with E-state index >= 15 is 0 Å². The summed E-state index contributed by atoms with van der Waals surface area (Å²) in [5.74, 6) is 0.598. The van der Waals surface area contributed by atoms with Gasteiger partial charge in [0.05, 0.1) is 0 Å². The van der Waals surface area contributed by atoms with Crippen molar-refractivity contribution in [3.8, 4) is 0 Å². The molecule has 1 saturated heterocycles. The zero-order valence-electron chi connectivity index (χ0n) is 7.80. The minimum atomic E-state index is -0.784. The Morgan fingerprint density at radius 2 is 2.42 bits per heavy atom. The van der Waals surface area contributed by atoms with E-state index in [9.17, 15) is 4.39 Å². The highest BCUT2D eigenvalue weighted by Crippen LogP contribution is 2.26. The number of likely N-dealkylation sites (tertiary alicyclic amines) is 1. The minimum Gasteiger partial charge on any atom is -0.349 e. The molecule has 12 heavy (non-hydrogen) atoms. The molecule has 1 aliphatic rings. The van der Waals surface area contributed by atoms with E-state index in [0.717, 1.165) is 13.0 Å². The van der Waals surface area contributed by atoms with Crippen molar-refractivity contribution in [1.82, 2.24) is 4.90 Å². The minimum absolute atomic E-state index is 0.598. The molecule has 1 fully saturated rings. The predicted octanol–water partition coefficient (Wildman–Crippen LogP) is 2.94. The van der Waals surface area contributed by atoms with Crippen LogP contribution < -0.4 is 0 Å². The van der Waals surface area contributed by atoms with Crippen LogP contribution in [0.3, 0.4) is 0 Å². The van der Waals surface area contributed by atoms with Crippen LogP contribution in [-0.4, -0.2) is 17.7 Å². The van der Waals surface area contributed by atoms with Crippen LogP contribution in [0.2, 0.25) is 0 Å². The van der Waals surface area contributed by atoms with Crippen LogP contribution in [0.4, 0.5) is 4.39 Å². The van der Waals surface area contributed by atoms with E-state index in [1.165, 1.54) is 12.8 Å². The van der Waals surface area contributed by atoms with Crippen LogP contribution in [0.25, 0.3) is 0 Å². The molecule has 0 bridgehead atoms. The number of halogens is 1. The summed E-state index contributed by atoms with van der Waals surface area (Å²) in [5.41, 5.74) is 0. The van der Waals surface area contributed by atoms with Crippen molar-refractivity contribution in [2.24, 2.45) is 5.92 Å². The van der Waals surface area contributed by atoms with Gasteiger partial charge in [0.1, 0.15) is 0 Å². The molecule has 0 radical (unpaired) electrons. The van der Waals surface area contributed by atoms with Gasteiger partial charge in [-0.25, -0.2) is 4.39 Å². The molecule has 2 atom stereocenters. The SMILES string of the molecule is C=CN1CCC(CCC)CC1F. The highest BCUT2D eigenvalue weighted by atomic mass is 19.1. The van der Waals surface area contributed by atoms with Crippen LogP contribution >= 0.6 is 0 Å². The lowest BCUT2D eigenvalue weighted by molar-refractivity contribution is 0.0578. The van der Waals surface area contributed by atoms with Crippen molar-refractivity contribution in [3.63, 3.8) is 0 Å². The van der Waals surface area contributed by atoms with Gasteiger partial charge in [-0.15, -0.1) is 0 Å². The fourth-order valence-corrected chi connectivity index (χ4v) is 1.88. The van der Waals surface area contributed by atoms with Gasteiger partial charge in [0.15, 0.2) is 6.30 Å². The van der Waals surface area contributed by atoms with E-state index in [2.05, 4.69) is 13.5 Å². The zero-order chi connectivity index (χ0) is 8.97. The van der Waals surface area contributed by atoms with Gasteiger partial charge in [-0.3, -0.25) is 0 Å². The van der Waals surface area contributed by atoms with Crippen molar-refractivity contribution in [2.45, 2.75) is 38.9 Å². The number of rotatable bonds is 3. The maximum Gasteiger partial charge on any atom is 0.172 e. The van der Waals surface area contributed by atoms with Crippen LogP contribution in [-0.2, 0) is 0 Å². The summed E-state index contributed by atoms with van der Waals surface area (Å²) in [7, 11) is 0. The molecule has 1 nitrogen and oxygen atoms in total. The Morgan fingerprint density at radius 3 is 2.92 bits per heavy atom. The molecule has 2 heteroatoms. The fraction of sp³-hybridized carbons (Fsp3) is 0.800. The molecule has 0 aromatic rings. The van der Waals surface area contributed by atoms with E-state index in [4.69, 9.17) is 0 Å². The molecule has 2 unspecified atom stereocenters. The normalized spacial score (nSPS) is 30.3. The number of alkyl halides is 1. The molecule has 0 spiro atoms. The van der Waals surface area contributed by atoms with Crippen molar-refractivity contribution in [2.75, 3.05) is 6.54 Å². The lowest BCUT2D eigenvalue weighted by Gasteiger charge is -2.34. The summed E-state index contributed by atoms with van der Waals surface area (Å²) in [5, 5.41) is 0. The van der Waals surface area contributed by atoms with E-state index in [0.29, 0.717) is 12.3 Å². The summed E-state index contributed by atoms with van der Waals surface area (Å²) in [6.45, 7) is 6.59. The summed E-state index contributed by atoms with van der Waals surface area (Å²) >= 11 is 0. The summed E-state index contributed by atoms with van der Waals surface area (Å²) in [6.07, 6.45) is 5.00. The van der Waals surface area contributed by atoms with Gasteiger partial charge in [-0.05, 0) is 18.5 Å². The number of piperidine rings is 1. The molecule has 0 aromatic carbocycles. The highest BCUT2D eigenvalue weighted by Gasteiger charge is 2.24. The number of hydrogen-bond donors (Lipinski definition) is 0. The first-order valence-corrected chi connectivity index (χ1v) is 4.80. The third-order valence-electron chi connectivity index (χ3n) is 2.61. The lowest BCUT2D eigenvalue weighted by Crippen LogP contribution is -2.35. The van der Waals surface area contributed by atoms with Crippen LogP contribution in [0, 0.1) is 5.92 Å². The average Bonchev–Trinajstić information content (AvgIpc) is 2.05. The van der Waals surface area contributed by atoms with Gasteiger partial charge >= 0.3 is 0 Å². The Labute approximate surface area is 74.3 Å². The monoisotopic (exact) mass is 171 g/mol. The quantitative estimate of drug-likeness (QED) is 0.590. The highest BCUT2D eigenvalue weighted by molar-refractivity contribution is 4.81. The summed E-state index contributed by atoms with van der Waals surface area (Å²) in [6, 6.07) is 0. The molecule has 0 amide bonds. The smallest absolute Gasteiger partial charge is 0.172 e. The van der Waals surface area contributed by atoms with Gasteiger partial charge in [0.25, 0.3) is 0 Å². The maximum absolute atomic E-state index is 13.3. The standard InChI is InChI=1S/C10H18FN/c1-3-5-9-6-7-12(4-2)10(11)8-9/h4,9-10H,2-3,5-8H2,1H3. The molecule has 1 aliphatic heterocycles. The molecule has 0 saturated carbocycles. The van der Waals surface area contributed by atoms with Crippen molar-refractivity contribution < 1.29 is 4.39 Å². The topological polar surface area (TPSA) is 3.24 Å². The Hall–Kier alpha value is -0.530. The molecule has 0 aliphatic carbocycles. The Balaban J connectivity index is 2.35. The van der Waals surface area contributed by atoms with Crippen LogP contribution in [0.5, 0.6) is 0 Å². The predicted molar refractivity (Wildman–Crippen MR) is 49.4 cm³/mol. The molecular formula is C10H18FN. The van der Waals surface area contributed by atoms with E-state index in [-0.39, 0.29) is 0 Å². The second-order valence-corrected chi connectivity index (χ2v) is 3.53. The van der Waals surface area contributed by atoms with E-state index < -0.39 is 6.30 Å². The first-order valence-electron chi connectivity index (χ1n) is 4.80. The second-order valence-electron chi connectivity index (χ2n) is 3.53. The van der Waals surface area contributed by atoms with E-state index in [1.807, 2.05) is 0 Å². The lowest BCUT2D eigenvalue weighted by atomic mass is 9.92. The Kier molecular flexibility index (Phi) is 3.57. The number of hydrogen-bond acceptors (Lipinski definition) is 1. The van der Waals surface area contributed by atoms with Crippen molar-refractivity contribution in [3.05, 3.63) is 12.8 Å². The van der Waals surface area contributed by atoms with Gasteiger partial charge < -0.3 is 4.90 Å². The van der Waals surface area contributed by atoms with Gasteiger partial charge in [0, 0.05) is 13.0 Å². The molecular weight excluding hydrogens is 153 g/mol. The molecule has 1 rings (SSSR count). The second kappa shape index (κ2) is 4.48. The summed E-state index contributed by atoms with van der Waals surface area (Å²) < 4.78 is 13.3. The van der Waals surface area contributed by atoms with Gasteiger partial charge in [-0.1, -0.05) is 26.3 Å². The molecule has 1 heterocycles. The number of nitrogens with zero attached hydrogens (tertiary/aromatic N) is 1. The third kappa shape index (κ3) is 2.23. The molecule has 70 valence electrons. The van der Waals surface area contributed by atoms with Crippen molar-refractivity contribution >= 4 is 0 Å². The van der Waals surface area contributed by atoms with Gasteiger partial charge in [0.2, 0.25) is 0 Å². The van der Waals surface area contributed by atoms with E-state index in [1.54, 1.807) is 11.1 Å². The third-order valence-corrected chi connectivity index (χ3v) is 2.61. The Morgan fingerprint density at radius 1 is 1.67 bits per heavy atom. The molecule has 0 N–H and O–H groups in total. The largest absolute Gasteiger partial charge is 0.349 e. The van der Waals surface area contributed by atoms with Gasteiger partial charge in [-0.2, -0.15) is 0 Å². The maximum atomic E-state index is 13.3. The zero-order valence-corrected chi connectivity index (χ0v) is 7.80. The molecule has 0 aromatic heterocycles. The van der Waals surface area contributed by atoms with Crippen LogP contribution in [0.1, 0.15) is 32.6 Å². The first-order chi connectivity index (χ1) is 5.77. The fourth-order valence-electron chi connectivity index (χ4n) is 1.88.